The molecule has 0 aliphatic carbocycles. The topological polar surface area (TPSA) is 55.2 Å². The molecule has 0 saturated heterocycles. The van der Waals surface area contributed by atoms with Gasteiger partial charge < -0.3 is 9.84 Å². The van der Waals surface area contributed by atoms with Crippen molar-refractivity contribution in [3.63, 3.8) is 0 Å². The van der Waals surface area contributed by atoms with E-state index in [1.165, 1.54) is 7.11 Å². The minimum absolute atomic E-state index is 0.0644. The Morgan fingerprint density at radius 1 is 1.32 bits per heavy atom. The number of phenolic OH excluding ortho intramolecular Hbond substituents is 1. The van der Waals surface area contributed by atoms with Gasteiger partial charge >= 0.3 is 0 Å². The van der Waals surface area contributed by atoms with Gasteiger partial charge in [-0.25, -0.2) is 9.97 Å². The molecule has 1 aromatic carbocycles. The van der Waals surface area contributed by atoms with E-state index in [0.29, 0.717) is 16.7 Å². The van der Waals surface area contributed by atoms with Gasteiger partial charge in [0.15, 0.2) is 17.3 Å². The summed E-state index contributed by atoms with van der Waals surface area (Å²) in [7, 11) is 1.51. The van der Waals surface area contributed by atoms with Crippen LogP contribution >= 0.6 is 23.4 Å². The summed E-state index contributed by atoms with van der Waals surface area (Å²) in [5, 5.41) is 10.3. The molecule has 0 spiro atoms. The third-order valence-electron chi connectivity index (χ3n) is 2.96. The predicted octanol–water partition coefficient (Wildman–Crippen LogP) is 3.26. The Morgan fingerprint density at radius 3 is 2.89 bits per heavy atom. The van der Waals surface area contributed by atoms with Crippen LogP contribution in [0.15, 0.2) is 18.2 Å². The largest absolute Gasteiger partial charge is 0.504 e. The van der Waals surface area contributed by atoms with Gasteiger partial charge in [0, 0.05) is 22.6 Å². The monoisotopic (exact) mass is 294 g/mol. The van der Waals surface area contributed by atoms with Gasteiger partial charge in [-0.2, -0.15) is 11.8 Å². The first-order valence-corrected chi connectivity index (χ1v) is 7.22. The SMILES string of the molecule is COc1ccc(-c2nc(Cl)c3c(n2)CSC3)cc1O. The second-order valence-corrected chi connectivity index (χ2v) is 5.49. The average Bonchev–Trinajstić information content (AvgIpc) is 2.87. The highest BCUT2D eigenvalue weighted by atomic mass is 35.5. The highest BCUT2D eigenvalue weighted by molar-refractivity contribution is 7.98. The smallest absolute Gasteiger partial charge is 0.161 e. The second kappa shape index (κ2) is 4.90. The number of rotatable bonds is 2. The maximum atomic E-state index is 9.80. The summed E-state index contributed by atoms with van der Waals surface area (Å²) in [6.45, 7) is 0. The van der Waals surface area contributed by atoms with Crippen molar-refractivity contribution >= 4 is 23.4 Å². The first-order chi connectivity index (χ1) is 9.19. The van der Waals surface area contributed by atoms with Crippen molar-refractivity contribution in [2.75, 3.05) is 7.11 Å². The fraction of sp³-hybridized carbons (Fsp3) is 0.231. The Morgan fingerprint density at radius 2 is 2.16 bits per heavy atom. The van der Waals surface area contributed by atoms with E-state index in [1.807, 2.05) is 0 Å². The van der Waals surface area contributed by atoms with E-state index in [1.54, 1.807) is 30.0 Å². The van der Waals surface area contributed by atoms with Gasteiger partial charge in [0.1, 0.15) is 5.15 Å². The molecule has 0 radical (unpaired) electrons. The van der Waals surface area contributed by atoms with Crippen molar-refractivity contribution in [2.24, 2.45) is 0 Å². The minimum atomic E-state index is 0.0644. The van der Waals surface area contributed by atoms with Gasteiger partial charge in [-0.3, -0.25) is 0 Å². The molecule has 6 heteroatoms. The molecule has 2 heterocycles. The molecule has 4 nitrogen and oxygen atoms in total. The quantitative estimate of drug-likeness (QED) is 0.862. The number of hydrogen-bond donors (Lipinski definition) is 1. The molecule has 2 aromatic rings. The molecule has 1 aromatic heterocycles. The van der Waals surface area contributed by atoms with Crippen LogP contribution in [0.25, 0.3) is 11.4 Å². The van der Waals surface area contributed by atoms with Crippen molar-refractivity contribution in [1.29, 1.82) is 0 Å². The van der Waals surface area contributed by atoms with Gasteiger partial charge in [0.05, 0.1) is 12.8 Å². The first kappa shape index (κ1) is 12.6. The molecule has 0 amide bonds. The normalized spacial score (nSPS) is 13.4. The highest BCUT2D eigenvalue weighted by Crippen LogP contribution is 2.35. The van der Waals surface area contributed by atoms with Gasteiger partial charge in [0.2, 0.25) is 0 Å². The van der Waals surface area contributed by atoms with Gasteiger partial charge in [-0.15, -0.1) is 0 Å². The van der Waals surface area contributed by atoms with Crippen LogP contribution in [0.1, 0.15) is 11.3 Å². The van der Waals surface area contributed by atoms with E-state index in [2.05, 4.69) is 9.97 Å². The maximum absolute atomic E-state index is 9.80. The molecule has 0 fully saturated rings. The number of phenols is 1. The number of halogens is 1. The van der Waals surface area contributed by atoms with Crippen LogP contribution in [-0.2, 0) is 11.5 Å². The summed E-state index contributed by atoms with van der Waals surface area (Å²) in [5.74, 6) is 2.74. The van der Waals surface area contributed by atoms with Gasteiger partial charge in [0.25, 0.3) is 0 Å². The molecule has 1 N–H and O–H groups in total. The number of aromatic nitrogens is 2. The summed E-state index contributed by atoms with van der Waals surface area (Å²) < 4.78 is 5.01. The third kappa shape index (κ3) is 2.24. The zero-order valence-corrected chi connectivity index (χ0v) is 11.8. The van der Waals surface area contributed by atoms with Crippen molar-refractivity contribution in [1.82, 2.24) is 9.97 Å². The van der Waals surface area contributed by atoms with Gasteiger partial charge in [-0.1, -0.05) is 11.6 Å². The fourth-order valence-corrected chi connectivity index (χ4v) is 3.35. The van der Waals surface area contributed by atoms with E-state index < -0.39 is 0 Å². The number of ether oxygens (including phenoxy) is 1. The Hall–Kier alpha value is -1.46. The summed E-state index contributed by atoms with van der Waals surface area (Å²) in [5.41, 5.74) is 2.73. The minimum Gasteiger partial charge on any atom is -0.504 e. The van der Waals surface area contributed by atoms with Crippen molar-refractivity contribution in [3.8, 4) is 22.9 Å². The summed E-state index contributed by atoms with van der Waals surface area (Å²) in [6.07, 6.45) is 0. The predicted molar refractivity (Wildman–Crippen MR) is 75.7 cm³/mol. The molecular weight excluding hydrogens is 284 g/mol. The lowest BCUT2D eigenvalue weighted by molar-refractivity contribution is 0.373. The maximum Gasteiger partial charge on any atom is 0.161 e. The Labute approximate surface area is 119 Å². The molecule has 0 unspecified atom stereocenters. The summed E-state index contributed by atoms with van der Waals surface area (Å²) >= 11 is 7.95. The van der Waals surface area contributed by atoms with Crippen LogP contribution in [0.5, 0.6) is 11.5 Å². The fourth-order valence-electron chi connectivity index (χ4n) is 1.97. The van der Waals surface area contributed by atoms with Gasteiger partial charge in [-0.05, 0) is 18.2 Å². The summed E-state index contributed by atoms with van der Waals surface area (Å²) in [6, 6.07) is 5.07. The Bertz CT molecular complexity index is 649. The molecule has 1 aliphatic rings. The molecule has 98 valence electrons. The zero-order chi connectivity index (χ0) is 13.4. The molecular formula is C13H11ClN2O2S. The number of methoxy groups -OCH3 is 1. The lowest BCUT2D eigenvalue weighted by Gasteiger charge is -2.07. The van der Waals surface area contributed by atoms with Crippen molar-refractivity contribution in [3.05, 3.63) is 34.6 Å². The molecule has 0 bridgehead atoms. The van der Waals surface area contributed by atoms with E-state index in [9.17, 15) is 5.11 Å². The average molecular weight is 295 g/mol. The van der Waals surface area contributed by atoms with Crippen molar-refractivity contribution in [2.45, 2.75) is 11.5 Å². The number of nitrogens with zero attached hydrogens (tertiary/aromatic N) is 2. The van der Waals surface area contributed by atoms with Crippen LogP contribution < -0.4 is 4.74 Å². The van der Waals surface area contributed by atoms with Crippen LogP contribution in [0.3, 0.4) is 0 Å². The first-order valence-electron chi connectivity index (χ1n) is 5.69. The number of hydrogen-bond acceptors (Lipinski definition) is 5. The molecule has 1 aliphatic heterocycles. The summed E-state index contributed by atoms with van der Waals surface area (Å²) in [4.78, 5) is 8.81. The Balaban J connectivity index is 2.07. The van der Waals surface area contributed by atoms with Crippen LogP contribution in [0.2, 0.25) is 5.15 Å². The van der Waals surface area contributed by atoms with Crippen LogP contribution in [0, 0.1) is 0 Å². The van der Waals surface area contributed by atoms with E-state index in [-0.39, 0.29) is 5.75 Å². The number of benzene rings is 1. The molecule has 0 atom stereocenters. The van der Waals surface area contributed by atoms with Crippen LogP contribution in [-0.4, -0.2) is 22.2 Å². The number of fused-ring (bicyclic) bond motifs is 1. The third-order valence-corrected chi connectivity index (χ3v) is 4.25. The zero-order valence-electron chi connectivity index (χ0n) is 10.2. The Kier molecular flexibility index (Phi) is 3.24. The van der Waals surface area contributed by atoms with Crippen molar-refractivity contribution < 1.29 is 9.84 Å². The molecule has 19 heavy (non-hydrogen) atoms. The standard InChI is InChI=1S/C13H11ClN2O2S/c1-18-11-3-2-7(4-10(11)17)13-15-9-6-19-5-8(9)12(14)16-13/h2-4,17H,5-6H2,1H3. The lowest BCUT2D eigenvalue weighted by Crippen LogP contribution is -1.97. The lowest BCUT2D eigenvalue weighted by atomic mass is 10.1. The van der Waals surface area contributed by atoms with E-state index in [0.717, 1.165) is 28.3 Å². The van der Waals surface area contributed by atoms with E-state index >= 15 is 0 Å². The highest BCUT2D eigenvalue weighted by Gasteiger charge is 2.19. The van der Waals surface area contributed by atoms with E-state index in [4.69, 9.17) is 16.3 Å². The second-order valence-electron chi connectivity index (χ2n) is 4.14. The molecule has 0 saturated carbocycles. The molecule has 3 rings (SSSR count). The van der Waals surface area contributed by atoms with Crippen LogP contribution in [0.4, 0.5) is 0 Å². The number of aromatic hydroxyl groups is 1. The number of thioether (sulfide) groups is 1.